The molecule has 0 aromatic heterocycles. The largest absolute Gasteiger partial charge is 0.501 e. The Morgan fingerprint density at radius 1 is 1.38 bits per heavy atom. The molecule has 0 aromatic rings. The zero-order valence-corrected chi connectivity index (χ0v) is 13.0. The number of methoxy groups -OCH3 is 1. The van der Waals surface area contributed by atoms with E-state index < -0.39 is 0 Å². The lowest BCUT2D eigenvalue weighted by Crippen LogP contribution is -2.45. The number of allylic oxidation sites excluding steroid dienone is 1. The SMILES string of the molecule is C=N[C@@H]1CC=C(OC)C[C@@H]1C(=O)N1CC[C@H]2CCCCC21. The number of likely N-dealkylation sites (tertiary alicyclic amines) is 1. The normalized spacial score (nSPS) is 35.9. The van der Waals surface area contributed by atoms with Crippen molar-refractivity contribution in [2.45, 2.75) is 57.0 Å². The van der Waals surface area contributed by atoms with Crippen molar-refractivity contribution in [3.63, 3.8) is 0 Å². The highest BCUT2D eigenvalue weighted by Crippen LogP contribution is 2.38. The molecule has 1 amide bonds. The zero-order chi connectivity index (χ0) is 14.8. The van der Waals surface area contributed by atoms with Crippen LogP contribution in [0.2, 0.25) is 0 Å². The molecule has 0 bridgehead atoms. The van der Waals surface area contributed by atoms with Gasteiger partial charge < -0.3 is 9.64 Å². The van der Waals surface area contributed by atoms with Crippen molar-refractivity contribution in [2.24, 2.45) is 16.8 Å². The van der Waals surface area contributed by atoms with Crippen molar-refractivity contribution in [1.82, 2.24) is 4.90 Å². The molecule has 4 nitrogen and oxygen atoms in total. The average Bonchev–Trinajstić information content (AvgIpc) is 2.97. The van der Waals surface area contributed by atoms with Gasteiger partial charge in [-0.1, -0.05) is 12.8 Å². The maximum absolute atomic E-state index is 13.0. The van der Waals surface area contributed by atoms with E-state index in [0.29, 0.717) is 12.5 Å². The molecule has 1 aliphatic heterocycles. The van der Waals surface area contributed by atoms with Crippen molar-refractivity contribution in [1.29, 1.82) is 0 Å². The van der Waals surface area contributed by atoms with Crippen molar-refractivity contribution < 1.29 is 9.53 Å². The molecule has 0 spiro atoms. The first-order valence-electron chi connectivity index (χ1n) is 8.24. The van der Waals surface area contributed by atoms with E-state index in [1.807, 2.05) is 0 Å². The second-order valence-electron chi connectivity index (χ2n) is 6.60. The van der Waals surface area contributed by atoms with E-state index in [0.717, 1.165) is 24.6 Å². The van der Waals surface area contributed by atoms with E-state index >= 15 is 0 Å². The number of rotatable bonds is 3. The van der Waals surface area contributed by atoms with Crippen LogP contribution in [-0.4, -0.2) is 43.3 Å². The number of carbonyl (C=O) groups is 1. The van der Waals surface area contributed by atoms with Crippen LogP contribution in [0.5, 0.6) is 0 Å². The molecular weight excluding hydrogens is 264 g/mol. The molecule has 4 heteroatoms. The van der Waals surface area contributed by atoms with Gasteiger partial charge in [0.2, 0.25) is 5.91 Å². The Hall–Kier alpha value is -1.32. The molecule has 1 saturated carbocycles. The van der Waals surface area contributed by atoms with Gasteiger partial charge in [-0.05, 0) is 44.4 Å². The van der Waals surface area contributed by atoms with Crippen molar-refractivity contribution in [3.05, 3.63) is 11.8 Å². The lowest BCUT2D eigenvalue weighted by Gasteiger charge is -2.36. The maximum Gasteiger partial charge on any atom is 0.228 e. The summed E-state index contributed by atoms with van der Waals surface area (Å²) in [5.41, 5.74) is 0. The summed E-state index contributed by atoms with van der Waals surface area (Å²) in [6.45, 7) is 4.62. The monoisotopic (exact) mass is 290 g/mol. The molecule has 4 atom stereocenters. The van der Waals surface area contributed by atoms with Gasteiger partial charge in [0.05, 0.1) is 24.8 Å². The third-order valence-electron chi connectivity index (χ3n) is 5.58. The minimum atomic E-state index is -0.0804. The molecule has 0 aromatic carbocycles. The number of carbonyl (C=O) groups excluding carboxylic acids is 1. The minimum Gasteiger partial charge on any atom is -0.501 e. The van der Waals surface area contributed by atoms with Gasteiger partial charge in [0.1, 0.15) is 0 Å². The van der Waals surface area contributed by atoms with E-state index in [4.69, 9.17) is 4.74 Å². The summed E-state index contributed by atoms with van der Waals surface area (Å²) in [6.07, 6.45) is 9.76. The summed E-state index contributed by atoms with van der Waals surface area (Å²) in [5.74, 6) is 1.86. The Morgan fingerprint density at radius 3 is 2.95 bits per heavy atom. The highest BCUT2D eigenvalue weighted by atomic mass is 16.5. The summed E-state index contributed by atoms with van der Waals surface area (Å²) in [7, 11) is 1.68. The smallest absolute Gasteiger partial charge is 0.228 e. The van der Waals surface area contributed by atoms with E-state index in [2.05, 4.69) is 22.7 Å². The molecule has 2 fully saturated rings. The average molecular weight is 290 g/mol. The van der Waals surface area contributed by atoms with Crippen LogP contribution in [-0.2, 0) is 9.53 Å². The molecular formula is C17H26N2O2. The zero-order valence-electron chi connectivity index (χ0n) is 13.0. The van der Waals surface area contributed by atoms with E-state index in [1.165, 1.54) is 32.1 Å². The van der Waals surface area contributed by atoms with Crippen LogP contribution in [0.4, 0.5) is 0 Å². The first-order chi connectivity index (χ1) is 10.2. The fourth-order valence-electron chi connectivity index (χ4n) is 4.37. The number of ether oxygens (including phenoxy) is 1. The lowest BCUT2D eigenvalue weighted by atomic mass is 9.83. The number of nitrogens with zero attached hydrogens (tertiary/aromatic N) is 2. The van der Waals surface area contributed by atoms with E-state index in [9.17, 15) is 4.79 Å². The number of hydrogen-bond donors (Lipinski definition) is 0. The Labute approximate surface area is 127 Å². The van der Waals surface area contributed by atoms with Crippen molar-refractivity contribution in [2.75, 3.05) is 13.7 Å². The standard InChI is InChI=1S/C17H26N2O2/c1-18-15-8-7-13(21-2)11-14(15)17(20)19-10-9-12-5-3-4-6-16(12)19/h7,12,14-16H,1,3-6,8-11H2,2H3/t12-,14+,15-,16?/m1/s1. The summed E-state index contributed by atoms with van der Waals surface area (Å²) in [4.78, 5) is 19.4. The maximum atomic E-state index is 13.0. The first kappa shape index (κ1) is 14.6. The highest BCUT2D eigenvalue weighted by molar-refractivity contribution is 5.81. The number of fused-ring (bicyclic) bond motifs is 1. The summed E-state index contributed by atoms with van der Waals surface area (Å²) in [6, 6.07) is 0.493. The summed E-state index contributed by atoms with van der Waals surface area (Å²) < 4.78 is 5.36. The molecule has 116 valence electrons. The molecule has 21 heavy (non-hydrogen) atoms. The Kier molecular flexibility index (Phi) is 4.32. The van der Waals surface area contributed by atoms with Crippen LogP contribution in [0.1, 0.15) is 44.9 Å². The predicted octanol–water partition coefficient (Wildman–Crippen LogP) is 2.79. The summed E-state index contributed by atoms with van der Waals surface area (Å²) in [5, 5.41) is 0. The van der Waals surface area contributed by atoms with E-state index in [1.54, 1.807) is 7.11 Å². The van der Waals surface area contributed by atoms with Crippen molar-refractivity contribution in [3.8, 4) is 0 Å². The molecule has 3 aliphatic rings. The predicted molar refractivity (Wildman–Crippen MR) is 83.2 cm³/mol. The molecule has 3 rings (SSSR count). The van der Waals surface area contributed by atoms with Gasteiger partial charge in [0, 0.05) is 19.0 Å². The molecule has 0 N–H and O–H groups in total. The fourth-order valence-corrected chi connectivity index (χ4v) is 4.37. The summed E-state index contributed by atoms with van der Waals surface area (Å²) >= 11 is 0. The fraction of sp³-hybridized carbons (Fsp3) is 0.765. The number of aliphatic imine (C=N–C) groups is 1. The molecule has 1 heterocycles. The highest BCUT2D eigenvalue weighted by Gasteiger charge is 2.42. The van der Waals surface area contributed by atoms with Gasteiger partial charge in [-0.3, -0.25) is 9.79 Å². The lowest BCUT2D eigenvalue weighted by molar-refractivity contribution is -0.138. The Balaban J connectivity index is 1.74. The molecule has 1 saturated heterocycles. The number of hydrogen-bond acceptors (Lipinski definition) is 3. The van der Waals surface area contributed by atoms with Gasteiger partial charge in [-0.2, -0.15) is 0 Å². The first-order valence-corrected chi connectivity index (χ1v) is 8.24. The van der Waals surface area contributed by atoms with Gasteiger partial charge in [-0.15, -0.1) is 0 Å². The van der Waals surface area contributed by atoms with Gasteiger partial charge in [0.15, 0.2) is 0 Å². The van der Waals surface area contributed by atoms with Crippen LogP contribution in [0.3, 0.4) is 0 Å². The Morgan fingerprint density at radius 2 is 2.19 bits per heavy atom. The number of amides is 1. The van der Waals surface area contributed by atoms with Gasteiger partial charge in [0.25, 0.3) is 0 Å². The topological polar surface area (TPSA) is 41.9 Å². The minimum absolute atomic E-state index is 0.0130. The Bertz CT molecular complexity index is 446. The third kappa shape index (κ3) is 2.72. The molecule has 2 aliphatic carbocycles. The van der Waals surface area contributed by atoms with Crippen molar-refractivity contribution >= 4 is 12.6 Å². The molecule has 1 unspecified atom stereocenters. The van der Waals surface area contributed by atoms with Crippen LogP contribution < -0.4 is 0 Å². The van der Waals surface area contributed by atoms with Gasteiger partial charge in [-0.25, -0.2) is 0 Å². The van der Waals surface area contributed by atoms with Crippen LogP contribution >= 0.6 is 0 Å². The second-order valence-corrected chi connectivity index (χ2v) is 6.60. The third-order valence-corrected chi connectivity index (χ3v) is 5.58. The van der Waals surface area contributed by atoms with Crippen LogP contribution in [0, 0.1) is 11.8 Å². The van der Waals surface area contributed by atoms with Crippen LogP contribution in [0.25, 0.3) is 0 Å². The molecule has 0 radical (unpaired) electrons. The quantitative estimate of drug-likeness (QED) is 0.750. The van der Waals surface area contributed by atoms with Gasteiger partial charge >= 0.3 is 0 Å². The van der Waals surface area contributed by atoms with Crippen LogP contribution in [0.15, 0.2) is 16.8 Å². The van der Waals surface area contributed by atoms with E-state index in [-0.39, 0.29) is 17.9 Å². The second kappa shape index (κ2) is 6.20.